The van der Waals surface area contributed by atoms with Crippen LogP contribution in [0.15, 0.2) is 0 Å². The fraction of sp³-hybridized carbons (Fsp3) is 0.667. The first-order valence-corrected chi connectivity index (χ1v) is 1.34. The Hall–Kier alpha value is 1.82. The van der Waals surface area contributed by atoms with Gasteiger partial charge in [0.05, 0.1) is 0 Å². The van der Waals surface area contributed by atoms with Crippen LogP contribution in [0, 0.1) is 0 Å². The standard InChI is InChI=1S/C3H6O2.Sr.Ti.2H/c1-5-3-2-4;;;;/h2H,3H2,1H3;;;;/q;+2;;2*-1. The van der Waals surface area contributed by atoms with E-state index in [1.54, 1.807) is 0 Å². The third kappa shape index (κ3) is 18.1. The largest absolute Gasteiger partial charge is 2.00 e. The van der Waals surface area contributed by atoms with Crippen molar-refractivity contribution >= 4 is 51.8 Å². The van der Waals surface area contributed by atoms with E-state index < -0.39 is 0 Å². The smallest absolute Gasteiger partial charge is 1.00 e. The second-order valence-electron chi connectivity index (χ2n) is 0.622. The van der Waals surface area contributed by atoms with E-state index in [-0.39, 0.29) is 76.7 Å². The van der Waals surface area contributed by atoms with Crippen LogP contribution in [0.25, 0.3) is 0 Å². The zero-order chi connectivity index (χ0) is 4.12. The van der Waals surface area contributed by atoms with Crippen molar-refractivity contribution in [3.63, 3.8) is 0 Å². The summed E-state index contributed by atoms with van der Waals surface area (Å²) in [7, 11) is 1.48. The summed E-state index contributed by atoms with van der Waals surface area (Å²) in [4.78, 5) is 9.28. The number of methoxy groups -OCH3 is 1. The summed E-state index contributed by atoms with van der Waals surface area (Å²) in [5.41, 5.74) is 0. The molecule has 0 fully saturated rings. The summed E-state index contributed by atoms with van der Waals surface area (Å²) < 4.78 is 4.32. The SMILES string of the molecule is COCC=O.[H-].[H-].[Sr+2].[Ti]. The normalized spacial score (nSPS) is 5.29. The molecule has 0 aromatic heterocycles. The van der Waals surface area contributed by atoms with Crippen LogP contribution in [0.2, 0.25) is 0 Å². The predicted molar refractivity (Wildman–Crippen MR) is 25.9 cm³/mol. The minimum absolute atomic E-state index is 0. The molecule has 2 nitrogen and oxygen atoms in total. The number of carbonyl (C=O) groups excluding carboxylic acids is 1. The summed E-state index contributed by atoms with van der Waals surface area (Å²) in [6.45, 7) is 0.208. The second-order valence-corrected chi connectivity index (χ2v) is 0.622. The Balaban J connectivity index is -0.0000000133. The quantitative estimate of drug-likeness (QED) is 0.462. The van der Waals surface area contributed by atoms with Gasteiger partial charge in [0.2, 0.25) is 0 Å². The molecule has 0 aliphatic heterocycles. The fourth-order valence-corrected chi connectivity index (χ4v) is 0.0680. The maximum atomic E-state index is 9.28. The summed E-state index contributed by atoms with van der Waals surface area (Å²) >= 11 is 0. The number of ether oxygens (including phenoxy) is 1. The van der Waals surface area contributed by atoms with Gasteiger partial charge in [0.15, 0.2) is 0 Å². The van der Waals surface area contributed by atoms with Crippen LogP contribution in [0.4, 0.5) is 0 Å². The van der Waals surface area contributed by atoms with Crippen molar-refractivity contribution in [1.29, 1.82) is 0 Å². The summed E-state index contributed by atoms with van der Waals surface area (Å²) in [5.74, 6) is 0. The van der Waals surface area contributed by atoms with Crippen molar-refractivity contribution in [2.24, 2.45) is 0 Å². The molecule has 0 amide bonds. The molecule has 0 aromatic rings. The molecular formula is C3H8O2SrTi. The van der Waals surface area contributed by atoms with Gasteiger partial charge in [0.25, 0.3) is 0 Å². The van der Waals surface area contributed by atoms with Crippen LogP contribution in [-0.4, -0.2) is 65.5 Å². The summed E-state index contributed by atoms with van der Waals surface area (Å²) in [6.07, 6.45) is 0.708. The van der Waals surface area contributed by atoms with E-state index in [1.807, 2.05) is 0 Å². The third-order valence-electron chi connectivity index (χ3n) is 0.235. The van der Waals surface area contributed by atoms with E-state index in [0.717, 1.165) is 0 Å². The Morgan fingerprint density at radius 2 is 2.29 bits per heavy atom. The average molecular weight is 212 g/mol. The second kappa shape index (κ2) is 15.7. The van der Waals surface area contributed by atoms with E-state index in [0.29, 0.717) is 6.29 Å². The van der Waals surface area contributed by atoms with E-state index in [1.165, 1.54) is 7.11 Å². The molecular weight excluding hydrogens is 204 g/mol. The molecule has 0 atom stereocenters. The summed E-state index contributed by atoms with van der Waals surface area (Å²) in [6, 6.07) is 0. The van der Waals surface area contributed by atoms with Gasteiger partial charge in [-0.25, -0.2) is 0 Å². The minimum atomic E-state index is 0. The number of aldehydes is 1. The Morgan fingerprint density at radius 3 is 2.29 bits per heavy atom. The van der Waals surface area contributed by atoms with Gasteiger partial charge in [-0.05, 0) is 0 Å². The minimum Gasteiger partial charge on any atom is -1.00 e. The molecule has 0 spiro atoms. The van der Waals surface area contributed by atoms with Crippen LogP contribution in [0.1, 0.15) is 2.85 Å². The predicted octanol–water partition coefficient (Wildman–Crippen LogP) is -0.327. The Kier molecular flexibility index (Phi) is 35.6. The van der Waals surface area contributed by atoms with Crippen molar-refractivity contribution in [1.82, 2.24) is 0 Å². The molecule has 0 aromatic carbocycles. The Bertz CT molecular complexity index is 41.0. The van der Waals surface area contributed by atoms with Gasteiger partial charge in [-0.2, -0.15) is 0 Å². The molecule has 0 rings (SSSR count). The number of hydrogen-bond acceptors (Lipinski definition) is 2. The van der Waals surface area contributed by atoms with Gasteiger partial charge in [-0.15, -0.1) is 0 Å². The zero-order valence-electron chi connectivity index (χ0n) is 6.31. The Morgan fingerprint density at radius 1 is 1.86 bits per heavy atom. The molecule has 0 bridgehead atoms. The van der Waals surface area contributed by atoms with Crippen molar-refractivity contribution in [2.75, 3.05) is 13.7 Å². The molecule has 7 heavy (non-hydrogen) atoms. The molecule has 0 unspecified atom stereocenters. The molecule has 0 aliphatic carbocycles. The van der Waals surface area contributed by atoms with Crippen molar-refractivity contribution in [3.05, 3.63) is 0 Å². The van der Waals surface area contributed by atoms with Crippen LogP contribution in [0.5, 0.6) is 0 Å². The van der Waals surface area contributed by atoms with E-state index in [9.17, 15) is 4.79 Å². The summed E-state index contributed by atoms with van der Waals surface area (Å²) in [5, 5.41) is 0. The maximum absolute atomic E-state index is 9.28. The first-order chi connectivity index (χ1) is 2.41. The van der Waals surface area contributed by atoms with Gasteiger partial charge in [-0.1, -0.05) is 0 Å². The molecule has 38 valence electrons. The molecule has 0 saturated carbocycles. The van der Waals surface area contributed by atoms with Crippen LogP contribution in [-0.2, 0) is 31.2 Å². The molecule has 0 N–H and O–H groups in total. The van der Waals surface area contributed by atoms with Gasteiger partial charge in [-0.3, -0.25) is 0 Å². The zero-order valence-corrected chi connectivity index (χ0v) is 9.35. The number of rotatable bonds is 2. The molecule has 0 radical (unpaired) electrons. The molecule has 0 heterocycles. The first-order valence-electron chi connectivity index (χ1n) is 1.34. The van der Waals surface area contributed by atoms with Crippen molar-refractivity contribution in [2.45, 2.75) is 0 Å². The van der Waals surface area contributed by atoms with E-state index >= 15 is 0 Å². The van der Waals surface area contributed by atoms with E-state index in [2.05, 4.69) is 4.74 Å². The average Bonchev–Trinajstić information content (AvgIpc) is 1.41. The van der Waals surface area contributed by atoms with Crippen LogP contribution >= 0.6 is 0 Å². The Labute approximate surface area is 98.1 Å². The van der Waals surface area contributed by atoms with Crippen molar-refractivity contribution < 1.29 is 34.1 Å². The van der Waals surface area contributed by atoms with E-state index in [4.69, 9.17) is 0 Å². The van der Waals surface area contributed by atoms with Crippen molar-refractivity contribution in [3.8, 4) is 0 Å². The third-order valence-corrected chi connectivity index (χ3v) is 0.235. The monoisotopic (exact) mass is 212 g/mol. The van der Waals surface area contributed by atoms with Gasteiger partial charge >= 0.3 is 45.5 Å². The molecule has 0 saturated heterocycles. The van der Waals surface area contributed by atoms with Gasteiger partial charge in [0.1, 0.15) is 12.9 Å². The van der Waals surface area contributed by atoms with Gasteiger partial charge in [0, 0.05) is 28.8 Å². The topological polar surface area (TPSA) is 26.3 Å². The first kappa shape index (κ1) is 15.9. The van der Waals surface area contributed by atoms with Crippen LogP contribution < -0.4 is 0 Å². The molecule has 4 heteroatoms. The van der Waals surface area contributed by atoms with Crippen LogP contribution in [0.3, 0.4) is 0 Å². The number of hydrogen-bond donors (Lipinski definition) is 0. The van der Waals surface area contributed by atoms with Gasteiger partial charge < -0.3 is 12.4 Å². The number of carbonyl (C=O) groups is 1. The molecule has 0 aliphatic rings. The maximum Gasteiger partial charge on any atom is 2.00 e. The fourth-order valence-electron chi connectivity index (χ4n) is 0.0680.